The van der Waals surface area contributed by atoms with Gasteiger partial charge in [0.2, 0.25) is 0 Å². The van der Waals surface area contributed by atoms with Crippen molar-refractivity contribution in [1.29, 1.82) is 0 Å². The lowest BCUT2D eigenvalue weighted by molar-refractivity contribution is 0.208. The van der Waals surface area contributed by atoms with Crippen molar-refractivity contribution in [3.05, 3.63) is 66.5 Å². The summed E-state index contributed by atoms with van der Waals surface area (Å²) in [6.07, 6.45) is -1.39. The van der Waals surface area contributed by atoms with E-state index in [4.69, 9.17) is 0 Å². The third-order valence-electron chi connectivity index (χ3n) is 2.61. The molecule has 0 fully saturated rings. The zero-order chi connectivity index (χ0) is 14.2. The molecular formula is C13H7Br3F2O. The second kappa shape index (κ2) is 5.99. The molecule has 6 heteroatoms. The molecule has 0 bridgehead atoms. The van der Waals surface area contributed by atoms with E-state index < -0.39 is 17.7 Å². The third kappa shape index (κ3) is 3.07. The average molecular weight is 457 g/mol. The molecule has 19 heavy (non-hydrogen) atoms. The standard InChI is InChI=1S/C13H7Br3F2O/c14-6-1-2-7(9(16)5-6)13(19)11-10(17)4-3-8(15)12(11)18/h1-5,13,19H. The van der Waals surface area contributed by atoms with Gasteiger partial charge < -0.3 is 5.11 Å². The van der Waals surface area contributed by atoms with Crippen LogP contribution >= 0.6 is 47.8 Å². The fraction of sp³-hybridized carbons (Fsp3) is 0.0769. The van der Waals surface area contributed by atoms with E-state index in [-0.39, 0.29) is 10.0 Å². The maximum Gasteiger partial charge on any atom is 0.146 e. The molecule has 0 aliphatic rings. The molecule has 2 aromatic carbocycles. The summed E-state index contributed by atoms with van der Waals surface area (Å²) in [5.74, 6) is -1.59. The largest absolute Gasteiger partial charge is 0.383 e. The molecule has 0 spiro atoms. The first-order chi connectivity index (χ1) is 8.91. The van der Waals surface area contributed by atoms with Crippen molar-refractivity contribution in [3.8, 4) is 0 Å². The minimum absolute atomic E-state index is 0.108. The highest BCUT2D eigenvalue weighted by molar-refractivity contribution is 9.11. The van der Waals surface area contributed by atoms with Crippen LogP contribution in [0.3, 0.4) is 0 Å². The van der Waals surface area contributed by atoms with Gasteiger partial charge in [-0.2, -0.15) is 0 Å². The smallest absolute Gasteiger partial charge is 0.146 e. The molecule has 0 saturated carbocycles. The van der Waals surface area contributed by atoms with Crippen LogP contribution in [0.25, 0.3) is 0 Å². The van der Waals surface area contributed by atoms with E-state index in [1.807, 2.05) is 0 Å². The van der Waals surface area contributed by atoms with Gasteiger partial charge in [-0.15, -0.1) is 0 Å². The summed E-state index contributed by atoms with van der Waals surface area (Å²) in [6, 6.07) is 7.36. The number of benzene rings is 2. The van der Waals surface area contributed by atoms with E-state index >= 15 is 0 Å². The van der Waals surface area contributed by atoms with E-state index in [2.05, 4.69) is 47.8 Å². The molecule has 0 heterocycles. The minimum atomic E-state index is -1.39. The van der Waals surface area contributed by atoms with Crippen molar-refractivity contribution >= 4 is 47.8 Å². The lowest BCUT2D eigenvalue weighted by Gasteiger charge is -2.16. The van der Waals surface area contributed by atoms with Crippen LogP contribution in [0.4, 0.5) is 8.78 Å². The SMILES string of the molecule is OC(c1ccc(Br)cc1Br)c1c(F)ccc(Br)c1F. The number of hydrogen-bond acceptors (Lipinski definition) is 1. The van der Waals surface area contributed by atoms with Crippen LogP contribution in [0.2, 0.25) is 0 Å². The summed E-state index contributed by atoms with van der Waals surface area (Å²) in [7, 11) is 0. The number of halogens is 5. The molecule has 2 aromatic rings. The van der Waals surface area contributed by atoms with Crippen LogP contribution in [-0.4, -0.2) is 5.11 Å². The topological polar surface area (TPSA) is 20.2 Å². The maximum atomic E-state index is 13.9. The van der Waals surface area contributed by atoms with Crippen molar-refractivity contribution in [2.75, 3.05) is 0 Å². The van der Waals surface area contributed by atoms with Crippen LogP contribution in [0.5, 0.6) is 0 Å². The van der Waals surface area contributed by atoms with Crippen LogP contribution < -0.4 is 0 Å². The molecule has 0 aliphatic carbocycles. The van der Waals surface area contributed by atoms with Gasteiger partial charge in [-0.25, -0.2) is 8.78 Å². The van der Waals surface area contributed by atoms with E-state index in [0.29, 0.717) is 10.0 Å². The van der Waals surface area contributed by atoms with Gasteiger partial charge >= 0.3 is 0 Å². The highest BCUT2D eigenvalue weighted by atomic mass is 79.9. The van der Waals surface area contributed by atoms with Crippen molar-refractivity contribution in [3.63, 3.8) is 0 Å². The normalized spacial score (nSPS) is 12.5. The van der Waals surface area contributed by atoms with E-state index in [9.17, 15) is 13.9 Å². The van der Waals surface area contributed by atoms with Gasteiger partial charge in [0, 0.05) is 8.95 Å². The number of aliphatic hydroxyl groups excluding tert-OH is 1. The van der Waals surface area contributed by atoms with Crippen LogP contribution in [0.15, 0.2) is 43.7 Å². The minimum Gasteiger partial charge on any atom is -0.383 e. The predicted molar refractivity (Wildman–Crippen MR) is 80.0 cm³/mol. The van der Waals surface area contributed by atoms with Crippen molar-refractivity contribution < 1.29 is 13.9 Å². The summed E-state index contributed by atoms with van der Waals surface area (Å²) in [6.45, 7) is 0. The highest BCUT2D eigenvalue weighted by Gasteiger charge is 2.23. The van der Waals surface area contributed by atoms with E-state index in [1.54, 1.807) is 18.2 Å². The Labute approximate surface area is 134 Å². The molecule has 0 saturated heterocycles. The Morgan fingerprint density at radius 2 is 1.63 bits per heavy atom. The summed E-state index contributed by atoms with van der Waals surface area (Å²) in [5, 5.41) is 10.2. The summed E-state index contributed by atoms with van der Waals surface area (Å²) in [4.78, 5) is 0. The Morgan fingerprint density at radius 1 is 0.947 bits per heavy atom. The Bertz CT molecular complexity index is 632. The molecule has 2 rings (SSSR count). The van der Waals surface area contributed by atoms with Gasteiger partial charge in [-0.05, 0) is 45.8 Å². The lowest BCUT2D eigenvalue weighted by Crippen LogP contribution is -2.07. The van der Waals surface area contributed by atoms with Crippen LogP contribution in [0, 0.1) is 11.6 Å². The van der Waals surface area contributed by atoms with Crippen molar-refractivity contribution in [2.24, 2.45) is 0 Å². The second-order valence-electron chi connectivity index (χ2n) is 3.83. The molecule has 1 atom stereocenters. The van der Waals surface area contributed by atoms with E-state index in [1.165, 1.54) is 6.07 Å². The molecule has 0 radical (unpaired) electrons. The monoisotopic (exact) mass is 454 g/mol. The van der Waals surface area contributed by atoms with Gasteiger partial charge in [0.05, 0.1) is 10.0 Å². The molecule has 1 nitrogen and oxygen atoms in total. The zero-order valence-corrected chi connectivity index (χ0v) is 14.1. The first-order valence-corrected chi connectivity index (χ1v) is 7.56. The zero-order valence-electron chi connectivity index (χ0n) is 9.30. The highest BCUT2D eigenvalue weighted by Crippen LogP contribution is 2.34. The summed E-state index contributed by atoms with van der Waals surface area (Å²) >= 11 is 9.52. The Hall–Kier alpha value is -0.300. The van der Waals surface area contributed by atoms with Gasteiger partial charge in [0.25, 0.3) is 0 Å². The third-order valence-corrected chi connectivity index (χ3v) is 4.40. The first kappa shape index (κ1) is 15.1. The first-order valence-electron chi connectivity index (χ1n) is 5.18. The van der Waals surface area contributed by atoms with Gasteiger partial charge in [0.15, 0.2) is 0 Å². The molecule has 1 N–H and O–H groups in total. The Balaban J connectivity index is 2.56. The van der Waals surface area contributed by atoms with Gasteiger partial charge in [-0.1, -0.05) is 37.9 Å². The Morgan fingerprint density at radius 3 is 2.26 bits per heavy atom. The molecule has 0 aliphatic heterocycles. The second-order valence-corrected chi connectivity index (χ2v) is 6.45. The van der Waals surface area contributed by atoms with Crippen molar-refractivity contribution in [2.45, 2.75) is 6.10 Å². The fourth-order valence-corrected chi connectivity index (χ4v) is 3.28. The quantitative estimate of drug-likeness (QED) is 0.605. The fourth-order valence-electron chi connectivity index (χ4n) is 1.67. The molecule has 1 unspecified atom stereocenters. The predicted octanol–water partition coefficient (Wildman–Crippen LogP) is 5.33. The van der Waals surface area contributed by atoms with Crippen molar-refractivity contribution in [1.82, 2.24) is 0 Å². The van der Waals surface area contributed by atoms with E-state index in [0.717, 1.165) is 10.5 Å². The molecule has 0 aromatic heterocycles. The molecule has 0 amide bonds. The number of rotatable bonds is 2. The molecular weight excluding hydrogens is 450 g/mol. The summed E-state index contributed by atoms with van der Waals surface area (Å²) < 4.78 is 29.1. The lowest BCUT2D eigenvalue weighted by atomic mass is 10.0. The molecule has 100 valence electrons. The number of hydrogen-bond donors (Lipinski definition) is 1. The average Bonchev–Trinajstić information content (AvgIpc) is 2.34. The number of aliphatic hydroxyl groups is 1. The Kier molecular flexibility index (Phi) is 4.76. The van der Waals surface area contributed by atoms with Crippen LogP contribution in [0.1, 0.15) is 17.2 Å². The van der Waals surface area contributed by atoms with Gasteiger partial charge in [-0.3, -0.25) is 0 Å². The van der Waals surface area contributed by atoms with Gasteiger partial charge in [0.1, 0.15) is 17.7 Å². The van der Waals surface area contributed by atoms with Crippen LogP contribution in [-0.2, 0) is 0 Å². The maximum absolute atomic E-state index is 13.9. The summed E-state index contributed by atoms with van der Waals surface area (Å²) in [5.41, 5.74) is 0.0106.